The van der Waals surface area contributed by atoms with E-state index in [0.29, 0.717) is 0 Å². The van der Waals surface area contributed by atoms with Gasteiger partial charge in [0.1, 0.15) is 6.04 Å². The van der Waals surface area contributed by atoms with E-state index in [0.717, 1.165) is 17.2 Å². The van der Waals surface area contributed by atoms with Gasteiger partial charge in [0.2, 0.25) is 0 Å². The zero-order valence-electron chi connectivity index (χ0n) is 8.66. The van der Waals surface area contributed by atoms with Crippen molar-refractivity contribution < 1.29 is 19.5 Å². The molecule has 0 fully saturated rings. The number of carboxylic acids is 1. The molecule has 1 atom stereocenters. The molecule has 0 saturated carbocycles. The Morgan fingerprint density at radius 2 is 2.00 bits per heavy atom. The third-order valence-corrected chi connectivity index (χ3v) is 2.53. The van der Waals surface area contributed by atoms with E-state index in [4.69, 9.17) is 5.11 Å². The molecule has 0 spiro atoms. The summed E-state index contributed by atoms with van der Waals surface area (Å²) >= 11 is 3.91. The summed E-state index contributed by atoms with van der Waals surface area (Å²) in [5, 5.41) is 11.0. The molecule has 1 aliphatic rings. The number of imide groups is 1. The maximum atomic E-state index is 11.4. The van der Waals surface area contributed by atoms with Crippen LogP contribution < -0.4 is 0 Å². The number of carboxylic acid groups (broad SMARTS) is 1. The van der Waals surface area contributed by atoms with Crippen LogP contribution in [0.2, 0.25) is 0 Å². The lowest BCUT2D eigenvalue weighted by molar-refractivity contribution is -0.165. The number of amides is 2. The summed E-state index contributed by atoms with van der Waals surface area (Å²) in [7, 11) is 0. The maximum absolute atomic E-state index is 11.4. The van der Waals surface area contributed by atoms with Gasteiger partial charge in [-0.25, -0.2) is 5.01 Å². The second kappa shape index (κ2) is 5.13. The van der Waals surface area contributed by atoms with E-state index < -0.39 is 23.8 Å². The molecule has 0 saturated heterocycles. The number of hydrazine groups is 1. The molecular weight excluding hydrogens is 232 g/mol. The number of carbonyl (C=O) groups excluding carboxylic acids is 2. The fourth-order valence-electron chi connectivity index (χ4n) is 1.45. The Hall–Kier alpha value is -1.34. The number of thiol groups is 1. The van der Waals surface area contributed by atoms with Crippen molar-refractivity contribution in [1.29, 1.82) is 0 Å². The third kappa shape index (κ3) is 2.25. The zero-order valence-corrected chi connectivity index (χ0v) is 9.55. The van der Waals surface area contributed by atoms with Gasteiger partial charge in [0, 0.05) is 24.4 Å². The molecule has 0 radical (unpaired) electrons. The van der Waals surface area contributed by atoms with Crippen molar-refractivity contribution >= 4 is 30.4 Å². The van der Waals surface area contributed by atoms with Gasteiger partial charge in [-0.2, -0.15) is 17.6 Å². The quantitative estimate of drug-likeness (QED) is 0.505. The Kier molecular flexibility index (Phi) is 4.08. The standard InChI is InChI=1S/C9H12N2O4S/c1-2-10(6(5-16)9(14)15)11-7(12)3-4-8(11)13/h3-4,6,16H,2,5H2,1H3,(H,14,15). The largest absolute Gasteiger partial charge is 0.480 e. The van der Waals surface area contributed by atoms with Crippen molar-refractivity contribution in [2.45, 2.75) is 13.0 Å². The van der Waals surface area contributed by atoms with E-state index in [1.165, 1.54) is 5.01 Å². The molecule has 1 N–H and O–H groups in total. The van der Waals surface area contributed by atoms with E-state index in [9.17, 15) is 14.4 Å². The molecule has 1 unspecified atom stereocenters. The van der Waals surface area contributed by atoms with Crippen LogP contribution in [-0.2, 0) is 14.4 Å². The lowest BCUT2D eigenvalue weighted by Gasteiger charge is -2.32. The highest BCUT2D eigenvalue weighted by Gasteiger charge is 2.35. The molecule has 2 amide bonds. The minimum Gasteiger partial charge on any atom is -0.480 e. The number of rotatable bonds is 5. The van der Waals surface area contributed by atoms with E-state index in [2.05, 4.69) is 12.6 Å². The fourth-order valence-corrected chi connectivity index (χ4v) is 1.79. The highest BCUT2D eigenvalue weighted by molar-refractivity contribution is 7.80. The molecule has 1 heterocycles. The SMILES string of the molecule is CCN(C(CS)C(=O)O)N1C(=O)C=CC1=O. The third-order valence-electron chi connectivity index (χ3n) is 2.18. The molecule has 0 aromatic carbocycles. The minimum absolute atomic E-state index is 0.0141. The number of hydrogen-bond acceptors (Lipinski definition) is 5. The molecule has 6 nitrogen and oxygen atoms in total. The van der Waals surface area contributed by atoms with Gasteiger partial charge in [0.25, 0.3) is 11.8 Å². The summed E-state index contributed by atoms with van der Waals surface area (Å²) in [4.78, 5) is 33.7. The normalized spacial score (nSPS) is 17.3. The van der Waals surface area contributed by atoms with Crippen molar-refractivity contribution in [2.24, 2.45) is 0 Å². The summed E-state index contributed by atoms with van der Waals surface area (Å²) < 4.78 is 0. The zero-order chi connectivity index (χ0) is 12.3. The van der Waals surface area contributed by atoms with Crippen LogP contribution in [0, 0.1) is 0 Å². The number of hydrogen-bond donors (Lipinski definition) is 2. The Bertz CT molecular complexity index is 337. The monoisotopic (exact) mass is 244 g/mol. The van der Waals surface area contributed by atoms with Crippen LogP contribution in [0.1, 0.15) is 6.92 Å². The lowest BCUT2D eigenvalue weighted by Crippen LogP contribution is -2.55. The Balaban J connectivity index is 2.93. The predicted molar refractivity (Wildman–Crippen MR) is 58.6 cm³/mol. The molecule has 0 aromatic heterocycles. The molecule has 16 heavy (non-hydrogen) atoms. The average Bonchev–Trinajstić information content (AvgIpc) is 2.55. The number of likely N-dealkylation sites (N-methyl/N-ethyl adjacent to an activating group) is 1. The van der Waals surface area contributed by atoms with Gasteiger partial charge in [0.05, 0.1) is 0 Å². The summed E-state index contributed by atoms with van der Waals surface area (Å²) in [6.07, 6.45) is 2.23. The first-order valence-electron chi connectivity index (χ1n) is 4.69. The van der Waals surface area contributed by atoms with Crippen LogP contribution in [-0.4, -0.2) is 51.2 Å². The van der Waals surface area contributed by atoms with Gasteiger partial charge < -0.3 is 5.11 Å². The second-order valence-electron chi connectivity index (χ2n) is 3.11. The summed E-state index contributed by atoms with van der Waals surface area (Å²) in [6.45, 7) is 1.90. The van der Waals surface area contributed by atoms with Crippen LogP contribution in [0.25, 0.3) is 0 Å². The van der Waals surface area contributed by atoms with Gasteiger partial charge in [-0.15, -0.1) is 0 Å². The van der Waals surface area contributed by atoms with Crippen LogP contribution >= 0.6 is 12.6 Å². The van der Waals surface area contributed by atoms with E-state index in [1.54, 1.807) is 6.92 Å². The molecule has 1 aliphatic heterocycles. The van der Waals surface area contributed by atoms with Crippen molar-refractivity contribution in [3.8, 4) is 0 Å². The highest BCUT2D eigenvalue weighted by atomic mass is 32.1. The molecule has 0 aliphatic carbocycles. The molecular formula is C9H12N2O4S. The van der Waals surface area contributed by atoms with Gasteiger partial charge in [-0.1, -0.05) is 6.92 Å². The van der Waals surface area contributed by atoms with Crippen molar-refractivity contribution in [3.63, 3.8) is 0 Å². The van der Waals surface area contributed by atoms with Crippen molar-refractivity contribution in [3.05, 3.63) is 12.2 Å². The number of carbonyl (C=O) groups is 3. The Morgan fingerprint density at radius 3 is 2.31 bits per heavy atom. The van der Waals surface area contributed by atoms with E-state index >= 15 is 0 Å². The molecule has 0 aromatic rings. The molecule has 1 rings (SSSR count). The average molecular weight is 244 g/mol. The predicted octanol–water partition coefficient (Wildman–Crippen LogP) is -0.469. The van der Waals surface area contributed by atoms with Gasteiger partial charge in [0.15, 0.2) is 0 Å². The Labute approximate surface area is 97.9 Å². The molecule has 7 heteroatoms. The first-order chi connectivity index (χ1) is 7.52. The van der Waals surface area contributed by atoms with Gasteiger partial charge in [-0.05, 0) is 0 Å². The lowest BCUT2D eigenvalue weighted by atomic mass is 10.3. The summed E-state index contributed by atoms with van der Waals surface area (Å²) in [5.41, 5.74) is 0. The number of aliphatic carboxylic acids is 1. The molecule has 0 bridgehead atoms. The van der Waals surface area contributed by atoms with Gasteiger partial charge >= 0.3 is 5.97 Å². The summed E-state index contributed by atoms with van der Waals surface area (Å²) in [5.74, 6) is -2.16. The first-order valence-corrected chi connectivity index (χ1v) is 5.32. The highest BCUT2D eigenvalue weighted by Crippen LogP contribution is 2.13. The van der Waals surface area contributed by atoms with Crippen molar-refractivity contribution in [1.82, 2.24) is 10.0 Å². The second-order valence-corrected chi connectivity index (χ2v) is 3.48. The van der Waals surface area contributed by atoms with Gasteiger partial charge in [-0.3, -0.25) is 14.4 Å². The smallest absolute Gasteiger partial charge is 0.323 e. The topological polar surface area (TPSA) is 77.9 Å². The summed E-state index contributed by atoms with van der Waals surface area (Å²) in [6, 6.07) is -0.999. The van der Waals surface area contributed by atoms with Crippen LogP contribution in [0.4, 0.5) is 0 Å². The maximum Gasteiger partial charge on any atom is 0.323 e. The first kappa shape index (κ1) is 12.7. The van der Waals surface area contributed by atoms with Crippen LogP contribution in [0.15, 0.2) is 12.2 Å². The van der Waals surface area contributed by atoms with Crippen LogP contribution in [0.3, 0.4) is 0 Å². The number of nitrogens with zero attached hydrogens (tertiary/aromatic N) is 2. The Morgan fingerprint density at radius 1 is 1.50 bits per heavy atom. The fraction of sp³-hybridized carbons (Fsp3) is 0.444. The van der Waals surface area contributed by atoms with Crippen LogP contribution in [0.5, 0.6) is 0 Å². The molecule has 88 valence electrons. The minimum atomic E-state index is -1.12. The van der Waals surface area contributed by atoms with E-state index in [1.807, 2.05) is 0 Å². The van der Waals surface area contributed by atoms with Crippen molar-refractivity contribution in [2.75, 3.05) is 12.3 Å². The van der Waals surface area contributed by atoms with E-state index in [-0.39, 0.29) is 12.3 Å².